The lowest BCUT2D eigenvalue weighted by Crippen LogP contribution is -2.54. The van der Waals surface area contributed by atoms with Crippen molar-refractivity contribution in [3.05, 3.63) is 19.8 Å². The topological polar surface area (TPSA) is 15.3 Å². The van der Waals surface area contributed by atoms with E-state index in [0.29, 0.717) is 6.04 Å². The summed E-state index contributed by atoms with van der Waals surface area (Å²) in [6.45, 7) is 0.948. The second-order valence-corrected chi connectivity index (χ2v) is 8.38. The van der Waals surface area contributed by atoms with Crippen molar-refractivity contribution in [1.29, 1.82) is 0 Å². The number of rotatable bonds is 3. The van der Waals surface area contributed by atoms with Crippen molar-refractivity contribution in [2.24, 2.45) is 0 Å². The fourth-order valence-corrected chi connectivity index (χ4v) is 5.25. The third-order valence-electron chi connectivity index (χ3n) is 4.60. The van der Waals surface area contributed by atoms with Crippen LogP contribution in [0.1, 0.15) is 37.0 Å². The van der Waals surface area contributed by atoms with Gasteiger partial charge in [0, 0.05) is 34.0 Å². The molecule has 1 aromatic rings. The van der Waals surface area contributed by atoms with Crippen LogP contribution in [0, 0.1) is 0 Å². The van der Waals surface area contributed by atoms with E-state index in [1.165, 1.54) is 37.0 Å². The second-order valence-electron chi connectivity index (χ2n) is 5.79. The minimum absolute atomic E-state index is 0.672. The highest BCUT2D eigenvalue weighted by Crippen LogP contribution is 2.34. The van der Waals surface area contributed by atoms with E-state index in [2.05, 4.69) is 39.3 Å². The van der Waals surface area contributed by atoms with Gasteiger partial charge in [0.15, 0.2) is 0 Å². The standard InChI is InChI=1S/C14H20BrClN2S/c1-18-10-3-2-4-11(18)6-9(5-10)17-8-12-7-13(15)14(16)19-12/h7,9-11,17H,2-6,8H2,1H3. The number of halogens is 2. The average Bonchev–Trinajstić information content (AvgIpc) is 2.67. The lowest BCUT2D eigenvalue weighted by Gasteiger charge is -2.47. The summed E-state index contributed by atoms with van der Waals surface area (Å²) in [5.74, 6) is 0. The molecule has 3 heterocycles. The fraction of sp³-hybridized carbons (Fsp3) is 0.714. The zero-order chi connectivity index (χ0) is 13.4. The van der Waals surface area contributed by atoms with Crippen LogP contribution in [0.25, 0.3) is 0 Å². The predicted molar refractivity (Wildman–Crippen MR) is 86.1 cm³/mol. The van der Waals surface area contributed by atoms with Crippen LogP contribution in [0.15, 0.2) is 10.5 Å². The molecule has 2 aliphatic heterocycles. The molecule has 2 nitrogen and oxygen atoms in total. The quantitative estimate of drug-likeness (QED) is 0.862. The molecule has 2 unspecified atom stereocenters. The lowest BCUT2D eigenvalue weighted by atomic mass is 9.82. The van der Waals surface area contributed by atoms with Gasteiger partial charge in [-0.25, -0.2) is 0 Å². The van der Waals surface area contributed by atoms with Gasteiger partial charge in [0.25, 0.3) is 0 Å². The number of nitrogens with one attached hydrogen (secondary N) is 1. The molecular formula is C14H20BrClN2S. The summed E-state index contributed by atoms with van der Waals surface area (Å²) in [5, 5.41) is 3.73. The third-order valence-corrected chi connectivity index (χ3v) is 7.08. The van der Waals surface area contributed by atoms with Gasteiger partial charge in [-0.05, 0) is 54.7 Å². The molecule has 106 valence electrons. The van der Waals surface area contributed by atoms with Gasteiger partial charge in [0.2, 0.25) is 0 Å². The summed E-state index contributed by atoms with van der Waals surface area (Å²) < 4.78 is 1.88. The lowest BCUT2D eigenvalue weighted by molar-refractivity contribution is 0.0483. The van der Waals surface area contributed by atoms with Crippen LogP contribution < -0.4 is 5.32 Å². The van der Waals surface area contributed by atoms with Gasteiger partial charge in [-0.3, -0.25) is 0 Å². The molecule has 2 saturated heterocycles. The molecule has 2 bridgehead atoms. The number of nitrogens with zero attached hydrogens (tertiary/aromatic N) is 1. The summed E-state index contributed by atoms with van der Waals surface area (Å²) >= 11 is 11.2. The highest BCUT2D eigenvalue weighted by Gasteiger charge is 2.35. The van der Waals surface area contributed by atoms with Crippen molar-refractivity contribution in [1.82, 2.24) is 10.2 Å². The molecule has 0 aromatic carbocycles. The summed E-state index contributed by atoms with van der Waals surface area (Å²) in [6, 6.07) is 4.40. The summed E-state index contributed by atoms with van der Waals surface area (Å²) in [7, 11) is 2.31. The minimum Gasteiger partial charge on any atom is -0.309 e. The van der Waals surface area contributed by atoms with Crippen LogP contribution in [0.4, 0.5) is 0 Å². The molecule has 2 atom stereocenters. The first kappa shape index (κ1) is 14.3. The molecular weight excluding hydrogens is 344 g/mol. The molecule has 2 fully saturated rings. The number of piperidine rings is 2. The van der Waals surface area contributed by atoms with Gasteiger partial charge in [-0.15, -0.1) is 11.3 Å². The van der Waals surface area contributed by atoms with E-state index in [1.54, 1.807) is 11.3 Å². The highest BCUT2D eigenvalue weighted by atomic mass is 79.9. The predicted octanol–water partition coefficient (Wildman–Crippen LogP) is 4.27. The molecule has 3 rings (SSSR count). The summed E-state index contributed by atoms with van der Waals surface area (Å²) in [4.78, 5) is 3.93. The van der Waals surface area contributed by atoms with Crippen molar-refractivity contribution >= 4 is 38.9 Å². The van der Waals surface area contributed by atoms with E-state index in [9.17, 15) is 0 Å². The Hall–Kier alpha value is 0.390. The maximum Gasteiger partial charge on any atom is 0.107 e. The molecule has 0 spiro atoms. The SMILES string of the molecule is CN1C2CCCC1CC(NCc1cc(Br)c(Cl)s1)C2. The van der Waals surface area contributed by atoms with Crippen molar-refractivity contribution in [2.75, 3.05) is 7.05 Å². The Balaban J connectivity index is 1.56. The van der Waals surface area contributed by atoms with Gasteiger partial charge in [0.05, 0.1) is 0 Å². The fourth-order valence-electron chi connectivity index (χ4n) is 3.51. The van der Waals surface area contributed by atoms with Gasteiger partial charge < -0.3 is 10.2 Å². The summed E-state index contributed by atoms with van der Waals surface area (Å²) in [5.41, 5.74) is 0. The van der Waals surface area contributed by atoms with Crippen LogP contribution >= 0.6 is 38.9 Å². The third kappa shape index (κ3) is 3.18. The van der Waals surface area contributed by atoms with Gasteiger partial charge in [-0.2, -0.15) is 0 Å². The Morgan fingerprint density at radius 2 is 2.11 bits per heavy atom. The Morgan fingerprint density at radius 3 is 2.68 bits per heavy atom. The maximum atomic E-state index is 6.09. The first-order valence-electron chi connectivity index (χ1n) is 7.02. The number of thiophene rings is 1. The average molecular weight is 364 g/mol. The van der Waals surface area contributed by atoms with Crippen molar-refractivity contribution < 1.29 is 0 Å². The first-order valence-corrected chi connectivity index (χ1v) is 9.01. The molecule has 5 heteroatoms. The molecule has 0 radical (unpaired) electrons. The molecule has 19 heavy (non-hydrogen) atoms. The molecule has 2 aliphatic rings. The first-order chi connectivity index (χ1) is 9.13. The maximum absolute atomic E-state index is 6.09. The largest absolute Gasteiger partial charge is 0.309 e. The normalized spacial score (nSPS) is 31.6. The van der Waals surface area contributed by atoms with Crippen molar-refractivity contribution in [3.8, 4) is 0 Å². The van der Waals surface area contributed by atoms with Gasteiger partial charge >= 0.3 is 0 Å². The van der Waals surface area contributed by atoms with Gasteiger partial charge in [-0.1, -0.05) is 18.0 Å². The molecule has 0 aliphatic carbocycles. The summed E-state index contributed by atoms with van der Waals surface area (Å²) in [6.07, 6.45) is 6.77. The smallest absolute Gasteiger partial charge is 0.107 e. The van der Waals surface area contributed by atoms with Crippen molar-refractivity contribution in [2.45, 2.75) is 56.8 Å². The second kappa shape index (κ2) is 6.02. The van der Waals surface area contributed by atoms with Crippen molar-refractivity contribution in [3.63, 3.8) is 0 Å². The van der Waals surface area contributed by atoms with E-state index in [0.717, 1.165) is 27.4 Å². The van der Waals surface area contributed by atoms with E-state index in [4.69, 9.17) is 11.6 Å². The molecule has 1 N–H and O–H groups in total. The van der Waals surface area contributed by atoms with E-state index >= 15 is 0 Å². The molecule has 1 aromatic heterocycles. The number of hydrogen-bond acceptors (Lipinski definition) is 3. The Bertz CT molecular complexity index is 417. The van der Waals surface area contributed by atoms with Gasteiger partial charge in [0.1, 0.15) is 4.34 Å². The number of fused-ring (bicyclic) bond motifs is 2. The van der Waals surface area contributed by atoms with E-state index in [-0.39, 0.29) is 0 Å². The van der Waals surface area contributed by atoms with E-state index < -0.39 is 0 Å². The monoisotopic (exact) mass is 362 g/mol. The Labute approximate surface area is 132 Å². The highest BCUT2D eigenvalue weighted by molar-refractivity contribution is 9.10. The molecule has 0 amide bonds. The number of hydrogen-bond donors (Lipinski definition) is 1. The zero-order valence-corrected chi connectivity index (χ0v) is 14.3. The van der Waals surface area contributed by atoms with Crippen LogP contribution in [0.3, 0.4) is 0 Å². The Kier molecular flexibility index (Phi) is 4.54. The van der Waals surface area contributed by atoms with Crippen LogP contribution in [-0.4, -0.2) is 30.1 Å². The van der Waals surface area contributed by atoms with Crippen LogP contribution in [-0.2, 0) is 6.54 Å². The van der Waals surface area contributed by atoms with Crippen LogP contribution in [0.5, 0.6) is 0 Å². The molecule has 0 saturated carbocycles. The minimum atomic E-state index is 0.672. The van der Waals surface area contributed by atoms with E-state index in [1.807, 2.05) is 0 Å². The zero-order valence-electron chi connectivity index (χ0n) is 11.2. The Morgan fingerprint density at radius 1 is 1.42 bits per heavy atom. The van der Waals surface area contributed by atoms with Crippen LogP contribution in [0.2, 0.25) is 4.34 Å².